The maximum Gasteiger partial charge on any atom is 0.341 e. The number of carbonyl (C=O) groups is 2. The summed E-state index contributed by atoms with van der Waals surface area (Å²) in [6, 6.07) is 0. The average Bonchev–Trinajstić information content (AvgIpc) is 2.64. The largest absolute Gasteiger partial charge is 0.496 e. The molecule has 0 amide bonds. The van der Waals surface area contributed by atoms with Crippen molar-refractivity contribution in [2.45, 2.75) is 58.8 Å². The smallest absolute Gasteiger partial charge is 0.341 e. The number of hydrogen-bond donors (Lipinski definition) is 0. The van der Waals surface area contributed by atoms with E-state index in [0.717, 1.165) is 44.0 Å². The maximum atomic E-state index is 12.4. The summed E-state index contributed by atoms with van der Waals surface area (Å²) in [6.45, 7) is 4.15. The van der Waals surface area contributed by atoms with Crippen molar-refractivity contribution in [3.8, 4) is 11.5 Å². The van der Waals surface area contributed by atoms with Crippen LogP contribution in [0, 0.1) is 0 Å². The van der Waals surface area contributed by atoms with Crippen LogP contribution in [0.3, 0.4) is 0 Å². The summed E-state index contributed by atoms with van der Waals surface area (Å²) < 4.78 is 16.1. The Labute approximate surface area is 150 Å². The van der Waals surface area contributed by atoms with Gasteiger partial charge in [0.05, 0.1) is 26.9 Å². The Morgan fingerprint density at radius 1 is 0.880 bits per heavy atom. The molecule has 0 radical (unpaired) electrons. The maximum absolute atomic E-state index is 12.4. The summed E-state index contributed by atoms with van der Waals surface area (Å²) >= 11 is 0. The molecule has 0 aliphatic rings. The Morgan fingerprint density at radius 2 is 1.56 bits per heavy atom. The lowest BCUT2D eigenvalue weighted by atomic mass is 9.90. The van der Waals surface area contributed by atoms with Crippen molar-refractivity contribution in [3.63, 3.8) is 0 Å². The van der Waals surface area contributed by atoms with Crippen molar-refractivity contribution in [3.05, 3.63) is 22.3 Å². The number of hydrogen-bond acceptors (Lipinski definition) is 5. The van der Waals surface area contributed by atoms with E-state index in [1.54, 1.807) is 7.11 Å². The topological polar surface area (TPSA) is 61.8 Å². The Bertz CT molecular complexity index is 592. The van der Waals surface area contributed by atoms with Crippen LogP contribution < -0.4 is 9.47 Å². The van der Waals surface area contributed by atoms with Gasteiger partial charge in [-0.15, -0.1) is 0 Å². The number of esters is 1. The van der Waals surface area contributed by atoms with Gasteiger partial charge in [0.25, 0.3) is 0 Å². The second-order valence-corrected chi connectivity index (χ2v) is 5.98. The van der Waals surface area contributed by atoms with Crippen LogP contribution in [-0.4, -0.2) is 33.6 Å². The molecule has 5 nitrogen and oxygen atoms in total. The lowest BCUT2D eigenvalue weighted by molar-refractivity contribution is 0.0595. The molecule has 0 N–H and O–H groups in total. The third-order valence-electron chi connectivity index (χ3n) is 4.34. The predicted octanol–water partition coefficient (Wildman–Crippen LogP) is 4.38. The molecule has 0 aromatic heterocycles. The molecule has 25 heavy (non-hydrogen) atoms. The van der Waals surface area contributed by atoms with E-state index in [4.69, 9.17) is 14.2 Å². The number of carbonyl (C=O) groups excluding carboxylic acids is 2. The average molecular weight is 350 g/mol. The van der Waals surface area contributed by atoms with Gasteiger partial charge in [-0.25, -0.2) is 4.79 Å². The summed E-state index contributed by atoms with van der Waals surface area (Å²) in [5.41, 5.74) is 2.18. The first-order chi connectivity index (χ1) is 12.1. The molecule has 0 fully saturated rings. The van der Waals surface area contributed by atoms with Gasteiger partial charge in [-0.1, -0.05) is 39.5 Å². The van der Waals surface area contributed by atoms with Crippen molar-refractivity contribution < 1.29 is 23.8 Å². The fourth-order valence-electron chi connectivity index (χ4n) is 3.19. The molecule has 0 unspecified atom stereocenters. The fourth-order valence-corrected chi connectivity index (χ4v) is 3.19. The third kappa shape index (κ3) is 4.74. The highest BCUT2D eigenvalue weighted by molar-refractivity contribution is 5.99. The van der Waals surface area contributed by atoms with E-state index in [0.29, 0.717) is 41.0 Å². The summed E-state index contributed by atoms with van der Waals surface area (Å²) in [6.07, 6.45) is 7.10. The highest BCUT2D eigenvalue weighted by Crippen LogP contribution is 2.40. The zero-order chi connectivity index (χ0) is 18.8. The molecule has 0 heterocycles. The lowest BCUT2D eigenvalue weighted by Crippen LogP contribution is -2.15. The minimum Gasteiger partial charge on any atom is -0.496 e. The first-order valence-corrected chi connectivity index (χ1v) is 8.94. The number of rotatable bonds is 11. The van der Waals surface area contributed by atoms with Crippen LogP contribution in [-0.2, 0) is 17.6 Å². The van der Waals surface area contributed by atoms with Crippen molar-refractivity contribution >= 4 is 12.3 Å². The van der Waals surface area contributed by atoms with E-state index >= 15 is 0 Å². The van der Waals surface area contributed by atoms with Gasteiger partial charge in [0, 0.05) is 5.56 Å². The number of methoxy groups -OCH3 is 3. The predicted molar refractivity (Wildman–Crippen MR) is 98.1 cm³/mol. The van der Waals surface area contributed by atoms with E-state index in [1.807, 2.05) is 6.92 Å². The zero-order valence-electron chi connectivity index (χ0n) is 16.1. The molecule has 0 atom stereocenters. The van der Waals surface area contributed by atoms with E-state index in [1.165, 1.54) is 14.2 Å². The van der Waals surface area contributed by atoms with Gasteiger partial charge in [0.1, 0.15) is 17.1 Å². The van der Waals surface area contributed by atoms with Crippen molar-refractivity contribution in [1.82, 2.24) is 0 Å². The highest BCUT2D eigenvalue weighted by Gasteiger charge is 2.28. The monoisotopic (exact) mass is 350 g/mol. The lowest BCUT2D eigenvalue weighted by Gasteiger charge is -2.22. The van der Waals surface area contributed by atoms with E-state index in [-0.39, 0.29) is 0 Å². The van der Waals surface area contributed by atoms with Crippen LogP contribution in [0.5, 0.6) is 11.5 Å². The number of benzene rings is 1. The van der Waals surface area contributed by atoms with Crippen LogP contribution >= 0.6 is 0 Å². The van der Waals surface area contributed by atoms with Gasteiger partial charge in [-0.05, 0) is 24.8 Å². The molecule has 140 valence electrons. The molecule has 1 aromatic rings. The first-order valence-electron chi connectivity index (χ1n) is 8.94. The standard InChI is InChI=1S/C20H30O5/c1-6-8-9-10-12-15-18(23-3)16(13-21)14(11-7-2)17(19(15)24-4)20(22)25-5/h13H,6-12H2,1-5H3. The Kier molecular flexibility index (Phi) is 9.03. The van der Waals surface area contributed by atoms with Crippen molar-refractivity contribution in [2.24, 2.45) is 0 Å². The van der Waals surface area contributed by atoms with Gasteiger partial charge in [0.15, 0.2) is 6.29 Å². The summed E-state index contributed by atoms with van der Waals surface area (Å²) in [5, 5.41) is 0. The Balaban J connectivity index is 3.61. The number of unbranched alkanes of at least 4 members (excludes halogenated alkanes) is 3. The van der Waals surface area contributed by atoms with Crippen molar-refractivity contribution in [1.29, 1.82) is 0 Å². The van der Waals surface area contributed by atoms with Gasteiger partial charge in [-0.2, -0.15) is 0 Å². The Morgan fingerprint density at radius 3 is 2.04 bits per heavy atom. The minimum atomic E-state index is -0.485. The van der Waals surface area contributed by atoms with Crippen LogP contribution in [0.2, 0.25) is 0 Å². The molecule has 5 heteroatoms. The van der Waals surface area contributed by atoms with Crippen molar-refractivity contribution in [2.75, 3.05) is 21.3 Å². The Hall–Kier alpha value is -2.04. The molecular weight excluding hydrogens is 320 g/mol. The molecular formula is C20H30O5. The second-order valence-electron chi connectivity index (χ2n) is 5.98. The fraction of sp³-hybridized carbons (Fsp3) is 0.600. The molecule has 0 spiro atoms. The number of aldehydes is 1. The van der Waals surface area contributed by atoms with E-state index in [2.05, 4.69) is 6.92 Å². The quantitative estimate of drug-likeness (QED) is 0.337. The van der Waals surface area contributed by atoms with Gasteiger partial charge >= 0.3 is 5.97 Å². The minimum absolute atomic E-state index is 0.347. The summed E-state index contributed by atoms with van der Waals surface area (Å²) in [5.74, 6) is 0.495. The SMILES string of the molecule is CCCCCCc1c(OC)c(C=O)c(CCC)c(C(=O)OC)c1OC. The second kappa shape index (κ2) is 10.7. The third-order valence-corrected chi connectivity index (χ3v) is 4.34. The van der Waals surface area contributed by atoms with E-state index in [9.17, 15) is 9.59 Å². The number of ether oxygens (including phenoxy) is 3. The molecule has 0 aliphatic carbocycles. The molecule has 0 saturated carbocycles. The van der Waals surface area contributed by atoms with Gasteiger partial charge in [-0.3, -0.25) is 4.79 Å². The van der Waals surface area contributed by atoms with Gasteiger partial charge in [0.2, 0.25) is 0 Å². The molecule has 1 aromatic carbocycles. The van der Waals surface area contributed by atoms with Crippen LogP contribution in [0.15, 0.2) is 0 Å². The van der Waals surface area contributed by atoms with Crippen LogP contribution in [0.25, 0.3) is 0 Å². The van der Waals surface area contributed by atoms with Gasteiger partial charge < -0.3 is 14.2 Å². The molecule has 1 rings (SSSR count). The summed E-state index contributed by atoms with van der Waals surface area (Å²) in [4.78, 5) is 24.2. The van der Waals surface area contributed by atoms with Crippen LogP contribution in [0.4, 0.5) is 0 Å². The first kappa shape index (κ1) is 21.0. The normalized spacial score (nSPS) is 10.4. The molecule has 0 saturated heterocycles. The summed E-state index contributed by atoms with van der Waals surface area (Å²) in [7, 11) is 4.42. The molecule has 0 aliphatic heterocycles. The molecule has 0 bridgehead atoms. The van der Waals surface area contributed by atoms with Crippen LogP contribution in [0.1, 0.15) is 77.8 Å². The highest BCUT2D eigenvalue weighted by atomic mass is 16.5. The van der Waals surface area contributed by atoms with E-state index < -0.39 is 5.97 Å². The zero-order valence-corrected chi connectivity index (χ0v) is 16.1.